The van der Waals surface area contributed by atoms with Crippen molar-refractivity contribution in [2.24, 2.45) is 0 Å². The van der Waals surface area contributed by atoms with Gasteiger partial charge in [-0.3, -0.25) is 4.79 Å². The molecule has 5 nitrogen and oxygen atoms in total. The second-order valence-electron chi connectivity index (χ2n) is 4.12. The second-order valence-corrected chi connectivity index (χ2v) is 5.83. The third-order valence-electron chi connectivity index (χ3n) is 2.44. The molecule has 9 heteroatoms. The van der Waals surface area contributed by atoms with Crippen molar-refractivity contribution in [1.82, 2.24) is 4.72 Å². The van der Waals surface area contributed by atoms with Gasteiger partial charge in [-0.25, -0.2) is 8.42 Å². The number of nitrogens with one attached hydrogen (secondary N) is 1. The maximum absolute atomic E-state index is 12.6. The number of halogens is 3. The van der Waals surface area contributed by atoms with Crippen LogP contribution in [0.5, 0.6) is 0 Å². The van der Waals surface area contributed by atoms with Crippen LogP contribution >= 0.6 is 0 Å². The fourth-order valence-electron chi connectivity index (χ4n) is 1.46. The van der Waals surface area contributed by atoms with E-state index in [1.54, 1.807) is 6.92 Å². The maximum atomic E-state index is 12.6. The number of carbonyl (C=O) groups excluding carboxylic acids is 1. The number of alkyl halides is 3. The van der Waals surface area contributed by atoms with Gasteiger partial charge in [0.25, 0.3) is 0 Å². The standard InChI is InChI=1S/C12H14F3NO4S/c1-3-20-11(17)8(2)16-21(18,19)10-6-4-5-9(7-10)12(13,14)15/h4-8,16H,3H2,1-2H3. The van der Waals surface area contributed by atoms with Gasteiger partial charge < -0.3 is 4.74 Å². The molecule has 1 aromatic carbocycles. The predicted molar refractivity (Wildman–Crippen MR) is 67.9 cm³/mol. The normalized spacial score (nSPS) is 13.8. The Morgan fingerprint density at radius 1 is 1.38 bits per heavy atom. The highest BCUT2D eigenvalue weighted by molar-refractivity contribution is 7.89. The van der Waals surface area contributed by atoms with Gasteiger partial charge >= 0.3 is 12.1 Å². The van der Waals surface area contributed by atoms with Crippen LogP contribution in [0.1, 0.15) is 19.4 Å². The largest absolute Gasteiger partial charge is 0.465 e. The second kappa shape index (κ2) is 6.44. The number of hydrogen-bond acceptors (Lipinski definition) is 4. The van der Waals surface area contributed by atoms with Crippen molar-refractivity contribution in [1.29, 1.82) is 0 Å². The van der Waals surface area contributed by atoms with Crippen LogP contribution in [0.4, 0.5) is 13.2 Å². The van der Waals surface area contributed by atoms with Crippen LogP contribution in [0.3, 0.4) is 0 Å². The van der Waals surface area contributed by atoms with Crippen molar-refractivity contribution in [3.63, 3.8) is 0 Å². The van der Waals surface area contributed by atoms with Crippen molar-refractivity contribution in [3.05, 3.63) is 29.8 Å². The third-order valence-corrected chi connectivity index (χ3v) is 3.98. The Morgan fingerprint density at radius 3 is 2.52 bits per heavy atom. The molecular weight excluding hydrogens is 311 g/mol. The molecule has 0 bridgehead atoms. The number of sulfonamides is 1. The number of carbonyl (C=O) groups is 1. The van der Waals surface area contributed by atoms with Gasteiger partial charge in [0.05, 0.1) is 17.1 Å². The lowest BCUT2D eigenvalue weighted by molar-refractivity contribution is -0.144. The van der Waals surface area contributed by atoms with Crippen LogP contribution in [-0.2, 0) is 25.7 Å². The van der Waals surface area contributed by atoms with Crippen molar-refractivity contribution in [2.75, 3.05) is 6.61 Å². The summed E-state index contributed by atoms with van der Waals surface area (Å²) in [7, 11) is -4.26. The minimum atomic E-state index is -4.65. The van der Waals surface area contributed by atoms with E-state index in [1.807, 2.05) is 4.72 Å². The number of benzene rings is 1. The molecule has 1 rings (SSSR count). The first-order valence-corrected chi connectivity index (χ1v) is 7.42. The van der Waals surface area contributed by atoms with E-state index < -0.39 is 38.7 Å². The Bertz CT molecular complexity index is 613. The van der Waals surface area contributed by atoms with Crippen LogP contribution in [-0.4, -0.2) is 27.0 Å². The molecule has 118 valence electrons. The predicted octanol–water partition coefficient (Wildman–Crippen LogP) is 1.94. The van der Waals surface area contributed by atoms with E-state index in [9.17, 15) is 26.4 Å². The SMILES string of the molecule is CCOC(=O)C(C)NS(=O)(=O)c1cccc(C(F)(F)F)c1. The minimum Gasteiger partial charge on any atom is -0.465 e. The Morgan fingerprint density at radius 2 is 2.00 bits per heavy atom. The third kappa shape index (κ3) is 4.71. The Balaban J connectivity index is 3.01. The Kier molecular flexibility index (Phi) is 5.35. The van der Waals surface area contributed by atoms with E-state index in [0.717, 1.165) is 18.2 Å². The molecule has 0 fully saturated rings. The van der Waals surface area contributed by atoms with Gasteiger partial charge in [-0.2, -0.15) is 17.9 Å². The summed E-state index contributed by atoms with van der Waals surface area (Å²) in [6.07, 6.45) is -4.65. The molecule has 21 heavy (non-hydrogen) atoms. The lowest BCUT2D eigenvalue weighted by Gasteiger charge is -2.14. The first-order valence-electron chi connectivity index (χ1n) is 5.94. The number of ether oxygens (including phenoxy) is 1. The van der Waals surface area contributed by atoms with Crippen molar-refractivity contribution in [3.8, 4) is 0 Å². The van der Waals surface area contributed by atoms with Crippen LogP contribution in [0.25, 0.3) is 0 Å². The summed E-state index contributed by atoms with van der Waals surface area (Å²) >= 11 is 0. The molecule has 0 spiro atoms. The highest BCUT2D eigenvalue weighted by Gasteiger charge is 2.32. The van der Waals surface area contributed by atoms with E-state index in [2.05, 4.69) is 4.74 Å². The molecule has 0 amide bonds. The zero-order valence-electron chi connectivity index (χ0n) is 11.3. The van der Waals surface area contributed by atoms with Gasteiger partial charge in [-0.05, 0) is 32.0 Å². The van der Waals surface area contributed by atoms with Crippen LogP contribution < -0.4 is 4.72 Å². The first kappa shape index (κ1) is 17.4. The molecule has 0 aliphatic rings. The van der Waals surface area contributed by atoms with E-state index in [1.165, 1.54) is 6.92 Å². The Hall–Kier alpha value is -1.61. The van der Waals surface area contributed by atoms with Gasteiger partial charge in [0, 0.05) is 0 Å². The summed E-state index contributed by atoms with van der Waals surface area (Å²) in [5, 5.41) is 0. The quantitative estimate of drug-likeness (QED) is 0.840. The molecule has 0 radical (unpaired) electrons. The summed E-state index contributed by atoms with van der Waals surface area (Å²) < 4.78 is 68.1. The van der Waals surface area contributed by atoms with Crippen molar-refractivity contribution >= 4 is 16.0 Å². The fourth-order valence-corrected chi connectivity index (χ4v) is 2.69. The van der Waals surface area contributed by atoms with Gasteiger partial charge in [0.1, 0.15) is 6.04 Å². The lowest BCUT2D eigenvalue weighted by Crippen LogP contribution is -2.39. The van der Waals surface area contributed by atoms with Gasteiger partial charge in [-0.1, -0.05) is 6.07 Å². The van der Waals surface area contributed by atoms with E-state index in [-0.39, 0.29) is 6.61 Å². The molecule has 1 N–H and O–H groups in total. The summed E-state index contributed by atoms with van der Waals surface area (Å²) in [5.74, 6) is -0.812. The zero-order chi connectivity index (χ0) is 16.3. The molecule has 0 saturated heterocycles. The summed E-state index contributed by atoms with van der Waals surface area (Å²) in [6, 6.07) is 2.04. The van der Waals surface area contributed by atoms with E-state index in [4.69, 9.17) is 0 Å². The maximum Gasteiger partial charge on any atom is 0.416 e. The van der Waals surface area contributed by atoms with Crippen LogP contribution in [0.2, 0.25) is 0 Å². The number of rotatable bonds is 5. The number of hydrogen-bond donors (Lipinski definition) is 1. The molecule has 1 aromatic rings. The first-order chi connectivity index (χ1) is 9.58. The summed E-state index contributed by atoms with van der Waals surface area (Å²) in [4.78, 5) is 10.8. The van der Waals surface area contributed by atoms with Crippen molar-refractivity contribution in [2.45, 2.75) is 31.0 Å². The van der Waals surface area contributed by atoms with Gasteiger partial charge in [0.15, 0.2) is 0 Å². The number of esters is 1. The van der Waals surface area contributed by atoms with Gasteiger partial charge in [0.2, 0.25) is 10.0 Å². The highest BCUT2D eigenvalue weighted by Crippen LogP contribution is 2.30. The topological polar surface area (TPSA) is 72.5 Å². The summed E-state index contributed by atoms with van der Waals surface area (Å²) in [6.45, 7) is 2.85. The molecule has 0 saturated carbocycles. The molecule has 0 aliphatic heterocycles. The van der Waals surface area contributed by atoms with Crippen molar-refractivity contribution < 1.29 is 31.1 Å². The molecule has 0 aromatic heterocycles. The molecule has 1 atom stereocenters. The average molecular weight is 325 g/mol. The molecular formula is C12H14F3NO4S. The van der Waals surface area contributed by atoms with E-state index in [0.29, 0.717) is 6.07 Å². The van der Waals surface area contributed by atoms with Gasteiger partial charge in [-0.15, -0.1) is 0 Å². The van der Waals surface area contributed by atoms with Crippen LogP contribution in [0, 0.1) is 0 Å². The fraction of sp³-hybridized carbons (Fsp3) is 0.417. The monoisotopic (exact) mass is 325 g/mol. The zero-order valence-corrected chi connectivity index (χ0v) is 12.1. The molecule has 1 unspecified atom stereocenters. The molecule has 0 aliphatic carbocycles. The Labute approximate surface area is 120 Å². The lowest BCUT2D eigenvalue weighted by atomic mass is 10.2. The average Bonchev–Trinajstić information content (AvgIpc) is 2.37. The van der Waals surface area contributed by atoms with E-state index >= 15 is 0 Å². The smallest absolute Gasteiger partial charge is 0.416 e. The minimum absolute atomic E-state index is 0.0639. The highest BCUT2D eigenvalue weighted by atomic mass is 32.2. The summed E-state index contributed by atoms with van der Waals surface area (Å²) in [5.41, 5.74) is -1.09. The molecule has 0 heterocycles. The van der Waals surface area contributed by atoms with Crippen LogP contribution in [0.15, 0.2) is 29.2 Å².